The van der Waals surface area contributed by atoms with Crippen LogP contribution < -0.4 is 10.5 Å². The predicted molar refractivity (Wildman–Crippen MR) is 78.6 cm³/mol. The summed E-state index contributed by atoms with van der Waals surface area (Å²) in [6.07, 6.45) is 0.454. The zero-order valence-electron chi connectivity index (χ0n) is 11.1. The molecule has 0 amide bonds. The average Bonchev–Trinajstić information content (AvgIpc) is 2.85. The maximum Gasteiger partial charge on any atom is 0.243 e. The number of sulfonamides is 1. The van der Waals surface area contributed by atoms with Crippen LogP contribution in [0.4, 0.5) is 14.5 Å². The Kier molecular flexibility index (Phi) is 4.60. The summed E-state index contributed by atoms with van der Waals surface area (Å²) in [5.41, 5.74) is 6.18. The molecule has 1 aromatic carbocycles. The zero-order valence-corrected chi connectivity index (χ0v) is 12.8. The monoisotopic (exact) mass is 332 g/mol. The molecule has 0 aliphatic rings. The van der Waals surface area contributed by atoms with Gasteiger partial charge in [0.2, 0.25) is 10.0 Å². The van der Waals surface area contributed by atoms with Crippen molar-refractivity contribution >= 4 is 27.0 Å². The molecule has 1 aromatic heterocycles. The summed E-state index contributed by atoms with van der Waals surface area (Å²) >= 11 is 1.50. The van der Waals surface area contributed by atoms with E-state index in [1.54, 1.807) is 6.92 Å². The fraction of sp³-hybridized carbons (Fsp3) is 0.231. The van der Waals surface area contributed by atoms with Crippen molar-refractivity contribution < 1.29 is 17.2 Å². The number of benzene rings is 1. The van der Waals surface area contributed by atoms with Crippen molar-refractivity contribution in [3.8, 4) is 0 Å². The predicted octanol–water partition coefficient (Wildman–Crippen LogP) is 2.52. The van der Waals surface area contributed by atoms with E-state index in [9.17, 15) is 17.2 Å². The van der Waals surface area contributed by atoms with Crippen LogP contribution in [0.2, 0.25) is 0 Å². The van der Waals surface area contributed by atoms with E-state index >= 15 is 0 Å². The summed E-state index contributed by atoms with van der Waals surface area (Å²) in [4.78, 5) is -0.780. The van der Waals surface area contributed by atoms with Gasteiger partial charge in [0.1, 0.15) is 4.90 Å². The first kappa shape index (κ1) is 15.9. The van der Waals surface area contributed by atoms with E-state index in [1.807, 2.05) is 16.8 Å². The Balaban J connectivity index is 2.22. The highest BCUT2D eigenvalue weighted by Gasteiger charge is 2.24. The second-order valence-corrected chi connectivity index (χ2v) is 7.14. The molecule has 0 bridgehead atoms. The Morgan fingerprint density at radius 2 is 2.10 bits per heavy atom. The maximum absolute atomic E-state index is 13.7. The lowest BCUT2D eigenvalue weighted by Crippen LogP contribution is -2.34. The van der Waals surface area contributed by atoms with Gasteiger partial charge in [-0.05, 0) is 47.9 Å². The number of nitrogens with two attached hydrogens (primary N) is 1. The number of nitrogens with one attached hydrogen (secondary N) is 1. The third-order valence-electron chi connectivity index (χ3n) is 2.79. The van der Waals surface area contributed by atoms with Gasteiger partial charge in [-0.1, -0.05) is 0 Å². The number of anilines is 1. The molecular weight excluding hydrogens is 318 g/mol. The van der Waals surface area contributed by atoms with E-state index in [0.717, 1.165) is 17.7 Å². The van der Waals surface area contributed by atoms with Crippen molar-refractivity contribution in [3.05, 3.63) is 46.2 Å². The largest absolute Gasteiger partial charge is 0.399 e. The van der Waals surface area contributed by atoms with Crippen LogP contribution in [-0.2, 0) is 16.4 Å². The van der Waals surface area contributed by atoms with Crippen molar-refractivity contribution in [2.24, 2.45) is 0 Å². The molecule has 114 valence electrons. The molecule has 8 heteroatoms. The molecule has 1 atom stereocenters. The highest BCUT2D eigenvalue weighted by molar-refractivity contribution is 7.89. The second kappa shape index (κ2) is 6.08. The number of hydrogen-bond donors (Lipinski definition) is 2. The van der Waals surface area contributed by atoms with Crippen molar-refractivity contribution in [2.75, 3.05) is 5.73 Å². The first-order chi connectivity index (χ1) is 9.79. The summed E-state index contributed by atoms with van der Waals surface area (Å²) in [6, 6.07) is 3.05. The number of nitrogen functional groups attached to an aromatic ring is 1. The molecule has 2 aromatic rings. The first-order valence-corrected chi connectivity index (χ1v) is 8.50. The van der Waals surface area contributed by atoms with E-state index < -0.39 is 32.6 Å². The van der Waals surface area contributed by atoms with E-state index in [-0.39, 0.29) is 5.69 Å². The standard InChI is InChI=1S/C13H14F2N2O2S2/c1-8(4-9-2-3-20-7-9)17-21(18,19)12-6-10(16)5-11(14)13(12)15/h2-3,5-8,17H,4,16H2,1H3. The summed E-state index contributed by atoms with van der Waals surface area (Å²) in [5.74, 6) is -2.72. The number of rotatable bonds is 5. The van der Waals surface area contributed by atoms with Gasteiger partial charge in [-0.3, -0.25) is 0 Å². The van der Waals surface area contributed by atoms with Crippen LogP contribution in [0.25, 0.3) is 0 Å². The quantitative estimate of drug-likeness (QED) is 0.827. The third-order valence-corrected chi connectivity index (χ3v) is 5.11. The van der Waals surface area contributed by atoms with Gasteiger partial charge in [0.05, 0.1) is 0 Å². The van der Waals surface area contributed by atoms with Gasteiger partial charge in [0.25, 0.3) is 0 Å². The van der Waals surface area contributed by atoms with Crippen LogP contribution in [0.1, 0.15) is 12.5 Å². The lowest BCUT2D eigenvalue weighted by Gasteiger charge is -2.14. The lowest BCUT2D eigenvalue weighted by molar-refractivity contribution is 0.482. The maximum atomic E-state index is 13.7. The Hall–Kier alpha value is -1.51. The molecule has 1 unspecified atom stereocenters. The highest BCUT2D eigenvalue weighted by atomic mass is 32.2. The van der Waals surface area contributed by atoms with Crippen LogP contribution in [0, 0.1) is 11.6 Å². The Bertz CT molecular complexity index is 731. The number of hydrogen-bond acceptors (Lipinski definition) is 4. The molecule has 0 saturated heterocycles. The molecule has 0 fully saturated rings. The number of thiophene rings is 1. The van der Waals surface area contributed by atoms with Gasteiger partial charge in [-0.2, -0.15) is 11.3 Å². The molecular formula is C13H14F2N2O2S2. The van der Waals surface area contributed by atoms with Gasteiger partial charge in [-0.15, -0.1) is 0 Å². The van der Waals surface area contributed by atoms with E-state index in [0.29, 0.717) is 6.42 Å². The van der Waals surface area contributed by atoms with Crippen LogP contribution >= 0.6 is 11.3 Å². The van der Waals surface area contributed by atoms with Crippen molar-refractivity contribution in [1.82, 2.24) is 4.72 Å². The van der Waals surface area contributed by atoms with E-state index in [2.05, 4.69) is 4.72 Å². The van der Waals surface area contributed by atoms with Crippen LogP contribution in [-0.4, -0.2) is 14.5 Å². The molecule has 0 radical (unpaired) electrons. The van der Waals surface area contributed by atoms with Gasteiger partial charge < -0.3 is 5.73 Å². The van der Waals surface area contributed by atoms with Gasteiger partial charge in [0, 0.05) is 11.7 Å². The normalized spacial score (nSPS) is 13.3. The Morgan fingerprint density at radius 3 is 2.71 bits per heavy atom. The summed E-state index contributed by atoms with van der Waals surface area (Å²) in [5, 5.41) is 3.77. The molecule has 3 N–H and O–H groups in total. The first-order valence-electron chi connectivity index (χ1n) is 6.07. The van der Waals surface area contributed by atoms with Crippen molar-refractivity contribution in [2.45, 2.75) is 24.3 Å². The second-order valence-electron chi connectivity index (χ2n) is 4.67. The lowest BCUT2D eigenvalue weighted by atomic mass is 10.1. The van der Waals surface area contributed by atoms with Gasteiger partial charge in [-0.25, -0.2) is 21.9 Å². The van der Waals surface area contributed by atoms with Gasteiger partial charge in [0.15, 0.2) is 11.6 Å². The fourth-order valence-corrected chi connectivity index (χ4v) is 3.96. The molecule has 1 heterocycles. The minimum absolute atomic E-state index is 0.153. The Labute approximate surface area is 125 Å². The third kappa shape index (κ3) is 3.78. The minimum atomic E-state index is -4.18. The minimum Gasteiger partial charge on any atom is -0.399 e. The molecule has 0 saturated carbocycles. The summed E-state index contributed by atoms with van der Waals surface area (Å²) in [6.45, 7) is 1.65. The van der Waals surface area contributed by atoms with E-state index in [4.69, 9.17) is 5.73 Å². The van der Waals surface area contributed by atoms with E-state index in [1.165, 1.54) is 11.3 Å². The summed E-state index contributed by atoms with van der Waals surface area (Å²) in [7, 11) is -4.18. The molecule has 0 spiro atoms. The smallest absolute Gasteiger partial charge is 0.243 e. The fourth-order valence-electron chi connectivity index (χ4n) is 1.91. The highest BCUT2D eigenvalue weighted by Crippen LogP contribution is 2.21. The topological polar surface area (TPSA) is 72.2 Å². The van der Waals surface area contributed by atoms with Crippen molar-refractivity contribution in [1.29, 1.82) is 0 Å². The van der Waals surface area contributed by atoms with Crippen LogP contribution in [0.3, 0.4) is 0 Å². The van der Waals surface area contributed by atoms with Gasteiger partial charge >= 0.3 is 0 Å². The van der Waals surface area contributed by atoms with Crippen molar-refractivity contribution in [3.63, 3.8) is 0 Å². The number of halogens is 2. The molecule has 4 nitrogen and oxygen atoms in total. The molecule has 0 aliphatic heterocycles. The Morgan fingerprint density at radius 1 is 1.38 bits per heavy atom. The molecule has 0 aliphatic carbocycles. The summed E-state index contributed by atoms with van der Waals surface area (Å²) < 4.78 is 53.5. The molecule has 21 heavy (non-hydrogen) atoms. The van der Waals surface area contributed by atoms with Crippen LogP contribution in [0.15, 0.2) is 33.9 Å². The zero-order chi connectivity index (χ0) is 15.6. The van der Waals surface area contributed by atoms with Crippen LogP contribution in [0.5, 0.6) is 0 Å². The average molecular weight is 332 g/mol. The SMILES string of the molecule is CC(Cc1ccsc1)NS(=O)(=O)c1cc(N)cc(F)c1F. The molecule has 2 rings (SSSR count).